The first kappa shape index (κ1) is 35.0. The second kappa shape index (κ2) is 15.8. The van der Waals surface area contributed by atoms with E-state index >= 15 is 0 Å². The lowest BCUT2D eigenvalue weighted by Gasteiger charge is -2.36. The molecule has 4 aromatic carbocycles. The number of methoxy groups -OCH3 is 1. The number of hydrogen-bond acceptors (Lipinski definition) is 7. The molecule has 0 aliphatic heterocycles. The minimum Gasteiger partial charge on any atom is -0.467 e. The molecule has 6 aromatic rings. The molecular weight excluding hydrogens is 666 g/mol. The smallest absolute Gasteiger partial charge is 0.329 e. The molecule has 9 nitrogen and oxygen atoms in total. The van der Waals surface area contributed by atoms with Crippen LogP contribution in [0.25, 0.3) is 16.6 Å². The van der Waals surface area contributed by atoms with Crippen molar-refractivity contribution in [1.29, 1.82) is 0 Å². The number of hydrogen-bond donors (Lipinski definition) is 2. The monoisotopic (exact) mass is 701 g/mol. The van der Waals surface area contributed by atoms with E-state index in [2.05, 4.69) is 57.1 Å². The zero-order chi connectivity index (χ0) is 35.8. The lowest BCUT2D eigenvalue weighted by atomic mass is 9.84. The molecule has 0 saturated heterocycles. The van der Waals surface area contributed by atoms with E-state index < -0.39 is 34.6 Å². The van der Waals surface area contributed by atoms with E-state index in [0.29, 0.717) is 16.6 Å². The van der Waals surface area contributed by atoms with Gasteiger partial charge in [-0.3, -0.25) is 14.6 Å². The second-order valence-corrected chi connectivity index (χ2v) is 13.0. The van der Waals surface area contributed by atoms with E-state index in [1.54, 1.807) is 29.9 Å². The van der Waals surface area contributed by atoms with E-state index in [1.165, 1.54) is 43.4 Å². The maximum absolute atomic E-state index is 13.8. The third kappa shape index (κ3) is 7.39. The van der Waals surface area contributed by atoms with Crippen LogP contribution in [-0.2, 0) is 19.1 Å². The number of amides is 2. The Morgan fingerprint density at radius 3 is 1.88 bits per heavy atom. The van der Waals surface area contributed by atoms with Gasteiger partial charge in [-0.2, -0.15) is 5.10 Å². The van der Waals surface area contributed by atoms with Gasteiger partial charge in [-0.15, -0.1) is 11.8 Å². The number of benzene rings is 4. The summed E-state index contributed by atoms with van der Waals surface area (Å²) in [5, 5.41) is 10.6. The van der Waals surface area contributed by atoms with Gasteiger partial charge in [0.1, 0.15) is 17.9 Å². The molecule has 6 rings (SSSR count). The number of thioether (sulfide) groups is 1. The quantitative estimate of drug-likeness (QED) is 0.105. The summed E-state index contributed by atoms with van der Waals surface area (Å²) in [7, 11) is 1.28. The number of carbonyl (C=O) groups excluding carboxylic acids is 3. The third-order valence-corrected chi connectivity index (χ3v) is 10.3. The Hall–Kier alpha value is -5.81. The van der Waals surface area contributed by atoms with Crippen LogP contribution in [0.2, 0.25) is 0 Å². The van der Waals surface area contributed by atoms with Gasteiger partial charge in [-0.25, -0.2) is 13.9 Å². The maximum atomic E-state index is 13.8. The average molecular weight is 702 g/mol. The second-order valence-electron chi connectivity index (χ2n) is 11.8. The highest BCUT2D eigenvalue weighted by Crippen LogP contribution is 2.48. The molecule has 2 atom stereocenters. The van der Waals surface area contributed by atoms with Crippen LogP contribution in [0.3, 0.4) is 0 Å². The van der Waals surface area contributed by atoms with Crippen molar-refractivity contribution >= 4 is 40.4 Å². The first-order chi connectivity index (χ1) is 24.8. The number of aromatic nitrogens is 3. The predicted octanol–water partition coefficient (Wildman–Crippen LogP) is 6.45. The van der Waals surface area contributed by atoms with Crippen molar-refractivity contribution in [3.8, 4) is 5.69 Å². The van der Waals surface area contributed by atoms with E-state index in [1.807, 2.05) is 54.6 Å². The molecule has 0 radical (unpaired) electrons. The Kier molecular flexibility index (Phi) is 10.9. The highest BCUT2D eigenvalue weighted by atomic mass is 32.2. The SMILES string of the molecule is CCC(NC(=O)c1cncc2c1cnn2-c1ccc(F)cc1)C(=O)NC(CSC(c1ccccc1)(c1ccccc1)c1ccccc1)C(=O)OC. The molecule has 0 spiro atoms. The van der Waals surface area contributed by atoms with Crippen LogP contribution in [0.4, 0.5) is 4.39 Å². The first-order valence-electron chi connectivity index (χ1n) is 16.4. The number of carbonyl (C=O) groups is 3. The Morgan fingerprint density at radius 1 is 0.784 bits per heavy atom. The van der Waals surface area contributed by atoms with Gasteiger partial charge in [0.15, 0.2) is 0 Å². The Balaban J connectivity index is 1.25. The zero-order valence-electron chi connectivity index (χ0n) is 28.0. The van der Waals surface area contributed by atoms with Crippen molar-refractivity contribution in [3.63, 3.8) is 0 Å². The zero-order valence-corrected chi connectivity index (χ0v) is 28.8. The number of nitrogens with zero attached hydrogens (tertiary/aromatic N) is 3. The topological polar surface area (TPSA) is 115 Å². The summed E-state index contributed by atoms with van der Waals surface area (Å²) in [6.07, 6.45) is 4.74. The fraction of sp³-hybridized carbons (Fsp3) is 0.175. The van der Waals surface area contributed by atoms with Crippen molar-refractivity contribution in [2.24, 2.45) is 0 Å². The van der Waals surface area contributed by atoms with Crippen molar-refractivity contribution in [1.82, 2.24) is 25.4 Å². The Bertz CT molecular complexity index is 2020. The van der Waals surface area contributed by atoms with Gasteiger partial charge in [0.25, 0.3) is 5.91 Å². The van der Waals surface area contributed by atoms with E-state index in [9.17, 15) is 18.8 Å². The lowest BCUT2D eigenvalue weighted by Crippen LogP contribution is -2.52. The van der Waals surface area contributed by atoms with Gasteiger partial charge >= 0.3 is 5.97 Å². The van der Waals surface area contributed by atoms with Crippen LogP contribution in [0.5, 0.6) is 0 Å². The summed E-state index contributed by atoms with van der Waals surface area (Å²) >= 11 is 1.51. The molecule has 0 aliphatic carbocycles. The van der Waals surface area contributed by atoms with Gasteiger partial charge in [-0.05, 0) is 47.4 Å². The molecular formula is C40H36FN5O4S. The fourth-order valence-electron chi connectivity index (χ4n) is 6.06. The lowest BCUT2D eigenvalue weighted by molar-refractivity contribution is -0.144. The minimum atomic E-state index is -1.03. The standard InChI is InChI=1S/C40H36FN5O4S/c1-3-34(44-37(47)33-23-42-25-36-32(33)24-43-46(36)31-21-19-30(41)20-22-31)38(48)45-35(39(49)50-2)26-51-40(27-13-7-4-8-14-27,28-15-9-5-10-16-28)29-17-11-6-12-18-29/h4-25,34-35H,3,26H2,1-2H3,(H,44,47)(H,45,48). The van der Waals surface area contributed by atoms with Crippen LogP contribution in [0.1, 0.15) is 40.4 Å². The molecule has 0 fully saturated rings. The number of ether oxygens (including phenoxy) is 1. The van der Waals surface area contributed by atoms with Crippen molar-refractivity contribution in [2.75, 3.05) is 12.9 Å². The molecule has 2 unspecified atom stereocenters. The summed E-state index contributed by atoms with van der Waals surface area (Å²) in [4.78, 5) is 44.9. The van der Waals surface area contributed by atoms with Crippen molar-refractivity contribution in [3.05, 3.63) is 162 Å². The van der Waals surface area contributed by atoms with Crippen LogP contribution in [-0.4, -0.2) is 57.5 Å². The molecule has 0 aliphatic rings. The molecule has 2 amide bonds. The number of esters is 1. The van der Waals surface area contributed by atoms with Gasteiger partial charge in [0, 0.05) is 17.3 Å². The molecule has 0 bridgehead atoms. The van der Waals surface area contributed by atoms with Gasteiger partial charge in [0.05, 0.1) is 41.0 Å². The molecule has 258 valence electrons. The summed E-state index contributed by atoms with van der Waals surface area (Å²) in [5.41, 5.74) is 4.36. The van der Waals surface area contributed by atoms with E-state index in [-0.39, 0.29) is 23.6 Å². The van der Waals surface area contributed by atoms with Crippen LogP contribution in [0, 0.1) is 5.82 Å². The number of nitrogens with one attached hydrogen (secondary N) is 2. The number of rotatable bonds is 13. The van der Waals surface area contributed by atoms with Crippen LogP contribution >= 0.6 is 11.8 Å². The molecule has 51 heavy (non-hydrogen) atoms. The van der Waals surface area contributed by atoms with Gasteiger partial charge < -0.3 is 15.4 Å². The van der Waals surface area contributed by atoms with Crippen LogP contribution < -0.4 is 10.6 Å². The number of fused-ring (bicyclic) bond motifs is 1. The molecule has 0 saturated carbocycles. The number of pyridine rings is 1. The fourth-order valence-corrected chi connectivity index (χ4v) is 7.60. The highest BCUT2D eigenvalue weighted by Gasteiger charge is 2.39. The summed E-state index contributed by atoms with van der Waals surface area (Å²) in [6.45, 7) is 1.77. The molecule has 2 N–H and O–H groups in total. The summed E-state index contributed by atoms with van der Waals surface area (Å²) < 4.78 is 19.5. The number of halogens is 1. The Morgan fingerprint density at radius 2 is 1.35 bits per heavy atom. The molecule has 2 aromatic heterocycles. The minimum absolute atomic E-state index is 0.160. The molecule has 11 heteroatoms. The predicted molar refractivity (Wildman–Crippen MR) is 196 cm³/mol. The van der Waals surface area contributed by atoms with Gasteiger partial charge in [0.2, 0.25) is 5.91 Å². The Labute approximate surface area is 299 Å². The normalized spacial score (nSPS) is 12.5. The molecule has 2 heterocycles. The van der Waals surface area contributed by atoms with Crippen LogP contribution in [0.15, 0.2) is 134 Å². The maximum Gasteiger partial charge on any atom is 0.329 e. The van der Waals surface area contributed by atoms with E-state index in [4.69, 9.17) is 4.74 Å². The highest BCUT2D eigenvalue weighted by molar-refractivity contribution is 8.00. The van der Waals surface area contributed by atoms with Gasteiger partial charge in [-0.1, -0.05) is 97.9 Å². The van der Waals surface area contributed by atoms with Crippen molar-refractivity contribution in [2.45, 2.75) is 30.2 Å². The van der Waals surface area contributed by atoms with E-state index in [0.717, 1.165) is 16.7 Å². The van der Waals surface area contributed by atoms with Crippen molar-refractivity contribution < 1.29 is 23.5 Å². The summed E-state index contributed by atoms with van der Waals surface area (Å²) in [5.74, 6) is -1.90. The largest absolute Gasteiger partial charge is 0.467 e. The third-order valence-electron chi connectivity index (χ3n) is 8.65. The summed E-state index contributed by atoms with van der Waals surface area (Å²) in [6, 6.07) is 33.9. The average Bonchev–Trinajstić information content (AvgIpc) is 3.62. The first-order valence-corrected chi connectivity index (χ1v) is 17.4.